The van der Waals surface area contributed by atoms with Gasteiger partial charge in [-0.25, -0.2) is 4.98 Å². The third-order valence-electron chi connectivity index (χ3n) is 4.45. The molecule has 0 radical (unpaired) electrons. The van der Waals surface area contributed by atoms with Crippen LogP contribution >= 0.6 is 15.9 Å². The quantitative estimate of drug-likeness (QED) is 0.422. The first-order valence-electron chi connectivity index (χ1n) is 8.59. The summed E-state index contributed by atoms with van der Waals surface area (Å²) in [5.41, 5.74) is 2.54. The molecule has 0 saturated heterocycles. The van der Waals surface area contributed by atoms with Crippen LogP contribution in [0.5, 0.6) is 0 Å². The van der Waals surface area contributed by atoms with Crippen molar-refractivity contribution >= 4 is 38.6 Å². The number of aromatic nitrogens is 1. The van der Waals surface area contributed by atoms with Gasteiger partial charge >= 0.3 is 0 Å². The standard InChI is InChI=1S/C22H17BrN2O2/c1-15-18-13-17(23)10-11-19(18)27-21(15)22(26)25(20-9-5-6-12-24-20)14-16-7-3-2-4-8-16/h2-13H,14H2,1H3. The number of hydrogen-bond acceptors (Lipinski definition) is 3. The monoisotopic (exact) mass is 420 g/mol. The van der Waals surface area contributed by atoms with E-state index in [2.05, 4.69) is 20.9 Å². The Hall–Kier alpha value is -2.92. The van der Waals surface area contributed by atoms with Crippen LogP contribution < -0.4 is 4.90 Å². The molecule has 4 rings (SSSR count). The predicted octanol–water partition coefficient (Wildman–Crippen LogP) is 5.75. The fourth-order valence-corrected chi connectivity index (χ4v) is 3.42. The fourth-order valence-electron chi connectivity index (χ4n) is 3.06. The Bertz CT molecular complexity index is 1090. The lowest BCUT2D eigenvalue weighted by Crippen LogP contribution is -2.31. The molecule has 0 aliphatic carbocycles. The zero-order valence-electron chi connectivity index (χ0n) is 14.7. The average molecular weight is 421 g/mol. The Kier molecular flexibility index (Phi) is 4.77. The van der Waals surface area contributed by atoms with Crippen LogP contribution in [-0.2, 0) is 6.54 Å². The minimum absolute atomic E-state index is 0.206. The Balaban J connectivity index is 1.78. The zero-order chi connectivity index (χ0) is 18.8. The maximum Gasteiger partial charge on any atom is 0.295 e. The lowest BCUT2D eigenvalue weighted by molar-refractivity contribution is 0.0959. The molecule has 4 aromatic rings. The predicted molar refractivity (Wildman–Crippen MR) is 110 cm³/mol. The van der Waals surface area contributed by atoms with Crippen LogP contribution in [0.25, 0.3) is 11.0 Å². The van der Waals surface area contributed by atoms with Gasteiger partial charge in [0.2, 0.25) is 0 Å². The highest BCUT2D eigenvalue weighted by Crippen LogP contribution is 2.30. The van der Waals surface area contributed by atoms with E-state index in [-0.39, 0.29) is 5.91 Å². The van der Waals surface area contributed by atoms with Gasteiger partial charge in [-0.05, 0) is 42.8 Å². The number of rotatable bonds is 4. The van der Waals surface area contributed by atoms with Crippen LogP contribution in [0.1, 0.15) is 21.7 Å². The van der Waals surface area contributed by atoms with Gasteiger partial charge in [-0.15, -0.1) is 0 Å². The summed E-state index contributed by atoms with van der Waals surface area (Å²) in [5, 5.41) is 0.924. The summed E-state index contributed by atoms with van der Waals surface area (Å²) in [6.45, 7) is 2.32. The van der Waals surface area contributed by atoms with Crippen LogP contribution in [0.3, 0.4) is 0 Å². The second kappa shape index (κ2) is 7.37. The number of halogens is 1. The van der Waals surface area contributed by atoms with Gasteiger partial charge in [-0.2, -0.15) is 0 Å². The molecule has 0 atom stereocenters. The van der Waals surface area contributed by atoms with Crippen molar-refractivity contribution in [1.82, 2.24) is 4.98 Å². The summed E-state index contributed by atoms with van der Waals surface area (Å²) in [5.74, 6) is 0.722. The zero-order valence-corrected chi connectivity index (χ0v) is 16.3. The summed E-state index contributed by atoms with van der Waals surface area (Å²) in [6, 6.07) is 21.1. The normalized spacial score (nSPS) is 10.9. The summed E-state index contributed by atoms with van der Waals surface area (Å²) < 4.78 is 6.86. The molecular weight excluding hydrogens is 404 g/mol. The molecule has 0 bridgehead atoms. The van der Waals surface area contributed by atoms with Crippen molar-refractivity contribution < 1.29 is 9.21 Å². The second-order valence-electron chi connectivity index (χ2n) is 6.26. The van der Waals surface area contributed by atoms with Gasteiger partial charge in [0, 0.05) is 21.6 Å². The Labute approximate surface area is 165 Å². The number of carbonyl (C=O) groups excluding carboxylic acids is 1. The lowest BCUT2D eigenvalue weighted by Gasteiger charge is -2.21. The van der Waals surface area contributed by atoms with Crippen LogP contribution in [-0.4, -0.2) is 10.9 Å². The molecule has 2 aromatic carbocycles. The number of aryl methyl sites for hydroxylation is 1. The second-order valence-corrected chi connectivity index (χ2v) is 7.18. The van der Waals surface area contributed by atoms with Crippen molar-refractivity contribution in [2.45, 2.75) is 13.5 Å². The van der Waals surface area contributed by atoms with E-state index in [4.69, 9.17) is 4.42 Å². The first-order chi connectivity index (χ1) is 13.1. The molecule has 1 amide bonds. The van der Waals surface area contributed by atoms with Gasteiger partial charge in [0.05, 0.1) is 6.54 Å². The lowest BCUT2D eigenvalue weighted by atomic mass is 10.1. The largest absolute Gasteiger partial charge is 0.451 e. The highest BCUT2D eigenvalue weighted by atomic mass is 79.9. The van der Waals surface area contributed by atoms with Crippen molar-refractivity contribution in [3.63, 3.8) is 0 Å². The molecular formula is C22H17BrN2O2. The molecule has 0 saturated carbocycles. The first kappa shape index (κ1) is 17.5. The van der Waals surface area contributed by atoms with Crippen LogP contribution in [0.2, 0.25) is 0 Å². The van der Waals surface area contributed by atoms with Crippen LogP contribution in [0.4, 0.5) is 5.82 Å². The highest BCUT2D eigenvalue weighted by Gasteiger charge is 2.25. The van der Waals surface area contributed by atoms with Gasteiger partial charge in [0.1, 0.15) is 11.4 Å². The molecule has 5 heteroatoms. The highest BCUT2D eigenvalue weighted by molar-refractivity contribution is 9.10. The van der Waals surface area contributed by atoms with Crippen molar-refractivity contribution in [2.24, 2.45) is 0 Å². The summed E-state index contributed by atoms with van der Waals surface area (Å²) in [4.78, 5) is 19.4. The first-order valence-corrected chi connectivity index (χ1v) is 9.38. The number of hydrogen-bond donors (Lipinski definition) is 0. The summed E-state index contributed by atoms with van der Waals surface area (Å²) in [6.07, 6.45) is 1.68. The maximum absolute atomic E-state index is 13.4. The third kappa shape index (κ3) is 3.51. The molecule has 27 heavy (non-hydrogen) atoms. The molecule has 2 heterocycles. The van der Waals surface area contributed by atoms with Gasteiger partial charge in [0.25, 0.3) is 5.91 Å². The van der Waals surface area contributed by atoms with Crippen molar-refractivity contribution in [2.75, 3.05) is 4.90 Å². The Morgan fingerprint density at radius 2 is 1.85 bits per heavy atom. The number of furan rings is 1. The van der Waals surface area contributed by atoms with Crippen molar-refractivity contribution in [3.05, 3.63) is 94.3 Å². The van der Waals surface area contributed by atoms with Gasteiger partial charge in [0.15, 0.2) is 5.76 Å². The minimum Gasteiger partial charge on any atom is -0.451 e. The number of pyridine rings is 1. The maximum atomic E-state index is 13.4. The SMILES string of the molecule is Cc1c(C(=O)N(Cc2ccccc2)c2ccccn2)oc2ccc(Br)cc12. The van der Waals surface area contributed by atoms with Gasteiger partial charge in [-0.3, -0.25) is 9.69 Å². The Morgan fingerprint density at radius 3 is 2.59 bits per heavy atom. The smallest absolute Gasteiger partial charge is 0.295 e. The molecule has 0 fully saturated rings. The van der Waals surface area contributed by atoms with Gasteiger partial charge < -0.3 is 4.42 Å². The summed E-state index contributed by atoms with van der Waals surface area (Å²) in [7, 11) is 0. The molecule has 134 valence electrons. The molecule has 4 nitrogen and oxygen atoms in total. The van der Waals surface area contributed by atoms with E-state index in [0.29, 0.717) is 23.7 Å². The Morgan fingerprint density at radius 1 is 1.07 bits per heavy atom. The molecule has 2 aromatic heterocycles. The van der Waals surface area contributed by atoms with E-state index in [1.54, 1.807) is 11.1 Å². The topological polar surface area (TPSA) is 46.3 Å². The molecule has 0 N–H and O–H groups in total. The number of benzene rings is 2. The van der Waals surface area contributed by atoms with E-state index in [9.17, 15) is 4.79 Å². The number of nitrogens with zero attached hydrogens (tertiary/aromatic N) is 2. The van der Waals surface area contributed by atoms with E-state index in [1.807, 2.05) is 73.7 Å². The van der Waals surface area contributed by atoms with E-state index >= 15 is 0 Å². The van der Waals surface area contributed by atoms with Crippen molar-refractivity contribution in [3.8, 4) is 0 Å². The average Bonchev–Trinajstić information content (AvgIpc) is 3.03. The van der Waals surface area contributed by atoms with Crippen LogP contribution in [0, 0.1) is 6.92 Å². The minimum atomic E-state index is -0.206. The van der Waals surface area contributed by atoms with E-state index in [1.165, 1.54) is 0 Å². The van der Waals surface area contributed by atoms with E-state index in [0.717, 1.165) is 21.0 Å². The number of carbonyl (C=O) groups is 1. The van der Waals surface area contributed by atoms with Crippen LogP contribution in [0.15, 0.2) is 81.8 Å². The molecule has 0 aliphatic heterocycles. The molecule has 0 aliphatic rings. The number of amides is 1. The summed E-state index contributed by atoms with van der Waals surface area (Å²) >= 11 is 3.48. The molecule has 0 spiro atoms. The third-order valence-corrected chi connectivity index (χ3v) is 4.94. The molecule has 0 unspecified atom stereocenters. The van der Waals surface area contributed by atoms with Crippen molar-refractivity contribution in [1.29, 1.82) is 0 Å². The van der Waals surface area contributed by atoms with Gasteiger partial charge in [-0.1, -0.05) is 52.3 Å². The van der Waals surface area contributed by atoms with E-state index < -0.39 is 0 Å². The fraction of sp³-hybridized carbons (Fsp3) is 0.0909. The number of anilines is 1. The number of fused-ring (bicyclic) bond motifs is 1.